The van der Waals surface area contributed by atoms with Crippen LogP contribution in [0.15, 0.2) is 17.2 Å². The van der Waals surface area contributed by atoms with Crippen molar-refractivity contribution in [3.05, 3.63) is 27.2 Å². The van der Waals surface area contributed by atoms with Gasteiger partial charge in [-0.1, -0.05) is 79.7 Å². The van der Waals surface area contributed by atoms with Crippen LogP contribution in [0.3, 0.4) is 0 Å². The monoisotopic (exact) mass is 388 g/mol. The fourth-order valence-electron chi connectivity index (χ4n) is 1.98. The molecule has 0 amide bonds. The number of rotatable bonds is 2. The van der Waals surface area contributed by atoms with E-state index in [4.69, 9.17) is 58.0 Å². The molecule has 1 N–H and O–H groups in total. The summed E-state index contributed by atoms with van der Waals surface area (Å²) in [4.78, 5) is 0. The van der Waals surface area contributed by atoms with Crippen LogP contribution in [0.25, 0.3) is 0 Å². The van der Waals surface area contributed by atoms with Gasteiger partial charge >= 0.3 is 0 Å². The van der Waals surface area contributed by atoms with Gasteiger partial charge in [-0.2, -0.15) is 5.10 Å². The minimum atomic E-state index is -0.174. The minimum absolute atomic E-state index is 0.174. The van der Waals surface area contributed by atoms with Crippen molar-refractivity contribution in [1.82, 2.24) is 0 Å². The van der Waals surface area contributed by atoms with E-state index in [2.05, 4.69) is 10.5 Å². The van der Waals surface area contributed by atoms with Crippen molar-refractivity contribution in [1.29, 1.82) is 0 Å². The van der Waals surface area contributed by atoms with Crippen molar-refractivity contribution in [3.63, 3.8) is 0 Å². The quantitative estimate of drug-likeness (QED) is 0.315. The topological polar surface area (TPSA) is 24.4 Å². The molecule has 7 heteroatoms. The van der Waals surface area contributed by atoms with Crippen LogP contribution >= 0.6 is 58.0 Å². The van der Waals surface area contributed by atoms with Crippen LogP contribution in [-0.2, 0) is 0 Å². The van der Waals surface area contributed by atoms with Gasteiger partial charge in [-0.3, -0.25) is 5.43 Å². The van der Waals surface area contributed by atoms with E-state index in [1.807, 2.05) is 0 Å². The Morgan fingerprint density at radius 3 is 1.52 bits per heavy atom. The molecule has 2 rings (SSSR count). The molecule has 1 aromatic rings. The van der Waals surface area contributed by atoms with E-state index in [1.54, 1.807) is 0 Å². The first-order valence-electron chi connectivity index (χ1n) is 6.80. The first-order chi connectivity index (χ1) is 10.0. The predicted molar refractivity (Wildman–Crippen MR) is 96.6 cm³/mol. The molecule has 1 aromatic carbocycles. The Bertz CT molecular complexity index is 430. The number of halogens is 5. The number of hydrogen-bond donors (Lipinski definition) is 1. The molecule has 1 saturated carbocycles. The van der Waals surface area contributed by atoms with Crippen LogP contribution in [0.2, 0.25) is 15.1 Å². The maximum absolute atomic E-state index is 5.83. The third kappa shape index (κ3) is 8.37. The van der Waals surface area contributed by atoms with E-state index < -0.39 is 0 Å². The Kier molecular flexibility index (Phi) is 9.87. The summed E-state index contributed by atoms with van der Waals surface area (Å²) < 4.78 is -0.174. The smallest absolute Gasteiger partial charge is 0.215 e. The maximum atomic E-state index is 5.83. The predicted octanol–water partition coefficient (Wildman–Crippen LogP) is 7.54. The van der Waals surface area contributed by atoms with Gasteiger partial charge in [0, 0.05) is 5.02 Å². The van der Waals surface area contributed by atoms with Crippen LogP contribution in [-0.4, -0.2) is 4.63 Å². The molecule has 1 aliphatic carbocycles. The lowest BCUT2D eigenvalue weighted by atomic mass is 10.2. The van der Waals surface area contributed by atoms with E-state index in [9.17, 15) is 0 Å². The van der Waals surface area contributed by atoms with Crippen molar-refractivity contribution in [2.75, 3.05) is 5.43 Å². The molecule has 1 aliphatic rings. The highest BCUT2D eigenvalue weighted by atomic mass is 35.5. The molecule has 0 atom stereocenters. The van der Waals surface area contributed by atoms with Gasteiger partial charge in [0.15, 0.2) is 0 Å². The second-order valence-corrected chi connectivity index (χ2v) is 6.84. The Morgan fingerprint density at radius 1 is 0.810 bits per heavy atom. The van der Waals surface area contributed by atoms with Crippen LogP contribution in [0, 0.1) is 0 Å². The third-order valence-corrected chi connectivity index (χ3v) is 3.99. The van der Waals surface area contributed by atoms with Gasteiger partial charge in [0.2, 0.25) is 4.63 Å². The van der Waals surface area contributed by atoms with Gasteiger partial charge in [0.1, 0.15) is 0 Å². The van der Waals surface area contributed by atoms with Crippen molar-refractivity contribution in [3.8, 4) is 0 Å². The summed E-state index contributed by atoms with van der Waals surface area (Å²) in [7, 11) is 0. The highest BCUT2D eigenvalue weighted by Gasteiger charge is 2.06. The average Bonchev–Trinajstić information content (AvgIpc) is 2.69. The number of nitrogens with zero attached hydrogens (tertiary/aromatic N) is 1. The molecule has 0 radical (unpaired) electrons. The largest absolute Gasteiger partial charge is 0.273 e. The summed E-state index contributed by atoms with van der Waals surface area (Å²) in [5.41, 5.74) is 2.91. The fourth-order valence-corrected chi connectivity index (χ4v) is 2.97. The number of nitrogens with one attached hydrogen (secondary N) is 1. The summed E-state index contributed by atoms with van der Waals surface area (Å²) in [6.45, 7) is 0. The summed E-state index contributed by atoms with van der Waals surface area (Å²) in [6.07, 6.45) is 10.5. The maximum Gasteiger partial charge on any atom is 0.215 e. The van der Waals surface area contributed by atoms with E-state index >= 15 is 0 Å². The molecular weight excluding hydrogens is 373 g/mol. The summed E-state index contributed by atoms with van der Waals surface area (Å²) >= 11 is 28.0. The molecule has 0 aromatic heterocycles. The number of hydrogen-bond acceptors (Lipinski definition) is 2. The molecular formula is C14H17Cl5N2. The summed E-state index contributed by atoms with van der Waals surface area (Å²) in [5, 5.41) is 4.64. The van der Waals surface area contributed by atoms with E-state index in [0.717, 1.165) is 0 Å². The lowest BCUT2D eigenvalue weighted by Gasteiger charge is -2.05. The van der Waals surface area contributed by atoms with Crippen LogP contribution in [0.4, 0.5) is 5.69 Å². The molecule has 118 valence electrons. The molecule has 0 spiro atoms. The van der Waals surface area contributed by atoms with Crippen molar-refractivity contribution >= 4 is 68.3 Å². The molecule has 0 saturated heterocycles. The number of hydrazone groups is 1. The zero-order valence-electron chi connectivity index (χ0n) is 11.4. The fraction of sp³-hybridized carbons (Fsp3) is 0.500. The normalized spacial score (nSPS) is 14.5. The molecule has 0 heterocycles. The second-order valence-electron chi connectivity index (χ2n) is 4.68. The Labute approximate surface area is 150 Å². The lowest BCUT2D eigenvalue weighted by molar-refractivity contribution is 0.702. The third-order valence-electron chi connectivity index (χ3n) is 3.01. The minimum Gasteiger partial charge on any atom is -0.273 e. The first-order valence-corrected chi connectivity index (χ1v) is 8.69. The Hall–Kier alpha value is 0.140. The highest BCUT2D eigenvalue weighted by Crippen LogP contribution is 2.33. The van der Waals surface area contributed by atoms with Gasteiger partial charge in [-0.25, -0.2) is 0 Å². The van der Waals surface area contributed by atoms with Gasteiger partial charge < -0.3 is 0 Å². The Morgan fingerprint density at radius 2 is 1.19 bits per heavy atom. The highest BCUT2D eigenvalue weighted by molar-refractivity contribution is 6.95. The van der Waals surface area contributed by atoms with Crippen LogP contribution < -0.4 is 5.43 Å². The van der Waals surface area contributed by atoms with Crippen molar-refractivity contribution in [2.24, 2.45) is 5.10 Å². The van der Waals surface area contributed by atoms with E-state index in [0.29, 0.717) is 20.8 Å². The SMILES string of the molecule is C1CCCCCC1.ClC(Cl)=NNc1c(Cl)cc(Cl)cc1Cl. The first kappa shape index (κ1) is 19.2. The zero-order chi connectivity index (χ0) is 15.7. The molecule has 0 bridgehead atoms. The molecule has 1 fully saturated rings. The molecule has 0 unspecified atom stereocenters. The average molecular weight is 391 g/mol. The van der Waals surface area contributed by atoms with Gasteiger partial charge in [-0.15, -0.1) is 0 Å². The van der Waals surface area contributed by atoms with Crippen LogP contribution in [0.1, 0.15) is 44.9 Å². The van der Waals surface area contributed by atoms with Gasteiger partial charge in [0.25, 0.3) is 0 Å². The number of anilines is 1. The van der Waals surface area contributed by atoms with Gasteiger partial charge in [0.05, 0.1) is 15.7 Å². The molecule has 0 aliphatic heterocycles. The Balaban J connectivity index is 0.000000262. The number of benzene rings is 1. The summed E-state index contributed by atoms with van der Waals surface area (Å²) in [6, 6.07) is 3.05. The molecule has 21 heavy (non-hydrogen) atoms. The molecule has 2 nitrogen and oxygen atoms in total. The summed E-state index contributed by atoms with van der Waals surface area (Å²) in [5.74, 6) is 0. The van der Waals surface area contributed by atoms with Crippen molar-refractivity contribution in [2.45, 2.75) is 44.9 Å². The van der Waals surface area contributed by atoms with Gasteiger partial charge in [-0.05, 0) is 35.3 Å². The standard InChI is InChI=1S/C7H3Cl5N2.C7H14/c8-3-1-4(9)6(5(10)2-3)13-14-7(11)12;1-2-4-6-7-5-3-1/h1-2,13H;1-7H2. The van der Waals surface area contributed by atoms with E-state index in [-0.39, 0.29) is 4.63 Å². The second kappa shape index (κ2) is 10.8. The van der Waals surface area contributed by atoms with Crippen molar-refractivity contribution < 1.29 is 0 Å². The lowest BCUT2D eigenvalue weighted by Crippen LogP contribution is -1.92. The van der Waals surface area contributed by atoms with Crippen LogP contribution in [0.5, 0.6) is 0 Å². The van der Waals surface area contributed by atoms with E-state index in [1.165, 1.54) is 57.1 Å². The zero-order valence-corrected chi connectivity index (χ0v) is 15.2.